The van der Waals surface area contributed by atoms with E-state index in [1.54, 1.807) is 11.9 Å². The number of rotatable bonds is 6. The average molecular weight is 277 g/mol. The van der Waals surface area contributed by atoms with Gasteiger partial charge in [-0.1, -0.05) is 45.2 Å². The van der Waals surface area contributed by atoms with Crippen LogP contribution in [0.1, 0.15) is 39.5 Å². The van der Waals surface area contributed by atoms with E-state index >= 15 is 0 Å². The molecule has 0 radical (unpaired) electrons. The highest BCUT2D eigenvalue weighted by Gasteiger charge is 2.13. The molecule has 0 amide bonds. The fourth-order valence-electron chi connectivity index (χ4n) is 2.12. The Morgan fingerprint density at radius 3 is 2.89 bits per heavy atom. The second-order valence-electron chi connectivity index (χ2n) is 4.93. The Bertz CT molecular complexity index is 431. The summed E-state index contributed by atoms with van der Waals surface area (Å²) in [6.45, 7) is 5.41. The average Bonchev–Trinajstić information content (AvgIpc) is 2.47. The van der Waals surface area contributed by atoms with E-state index in [9.17, 15) is 0 Å². The van der Waals surface area contributed by atoms with Gasteiger partial charge in [-0.15, -0.1) is 0 Å². The predicted molar refractivity (Wildman–Crippen MR) is 84.7 cm³/mol. The Morgan fingerprint density at radius 2 is 2.11 bits per heavy atom. The number of nitrogens with zero attached hydrogens (tertiary/aromatic N) is 1. The van der Waals surface area contributed by atoms with Crippen molar-refractivity contribution in [3.63, 3.8) is 0 Å². The van der Waals surface area contributed by atoms with Gasteiger partial charge in [-0.05, 0) is 36.4 Å². The molecule has 0 fully saturated rings. The van der Waals surface area contributed by atoms with Crippen LogP contribution in [0.4, 0.5) is 5.69 Å². The van der Waals surface area contributed by atoms with Crippen molar-refractivity contribution >= 4 is 23.6 Å². The molecule has 2 N–H and O–H groups in total. The van der Waals surface area contributed by atoms with E-state index in [1.165, 1.54) is 30.6 Å². The van der Waals surface area contributed by atoms with Gasteiger partial charge in [-0.2, -0.15) is 0 Å². The Hall–Kier alpha value is -1.16. The van der Waals surface area contributed by atoms with Gasteiger partial charge in [0.05, 0.1) is 10.6 Å². The maximum Gasteiger partial charge on any atom is 0.206 e. The summed E-state index contributed by atoms with van der Waals surface area (Å²) in [7, 11) is 0. The number of unbranched alkanes of at least 4 members (excludes halogenated alkanes) is 1. The second kappa shape index (κ2) is 7.43. The molecule has 104 valence electrons. The number of hydrogen-bond acceptors (Lipinski definition) is 2. The molecular formula is C15H23N3S. The zero-order valence-corrected chi connectivity index (χ0v) is 12.6. The van der Waals surface area contributed by atoms with Crippen molar-refractivity contribution < 1.29 is 0 Å². The van der Waals surface area contributed by atoms with Crippen molar-refractivity contribution in [2.75, 3.05) is 11.9 Å². The zero-order valence-electron chi connectivity index (χ0n) is 11.8. The van der Waals surface area contributed by atoms with E-state index in [4.69, 9.17) is 0 Å². The van der Waals surface area contributed by atoms with E-state index in [2.05, 4.69) is 47.1 Å². The summed E-state index contributed by atoms with van der Waals surface area (Å²) in [6, 6.07) is 8.29. The molecule has 1 unspecified atom stereocenters. The van der Waals surface area contributed by atoms with Gasteiger partial charge in [0.2, 0.25) is 5.96 Å². The monoisotopic (exact) mass is 277 g/mol. The Labute approximate surface area is 120 Å². The van der Waals surface area contributed by atoms with Gasteiger partial charge in [0.15, 0.2) is 0 Å². The first-order chi connectivity index (χ1) is 9.33. The predicted octanol–water partition coefficient (Wildman–Crippen LogP) is 4.28. The number of guanidine groups is 1. The highest BCUT2D eigenvalue weighted by Crippen LogP contribution is 2.28. The molecule has 0 aromatic heterocycles. The first kappa shape index (κ1) is 14.3. The first-order valence-electron chi connectivity index (χ1n) is 7.16. The summed E-state index contributed by atoms with van der Waals surface area (Å²) < 4.78 is 3.27. The number of benzene rings is 1. The molecule has 0 saturated heterocycles. The smallest absolute Gasteiger partial charge is 0.206 e. The lowest BCUT2D eigenvalue weighted by atomic mass is 10.00. The zero-order chi connectivity index (χ0) is 13.5. The molecular weight excluding hydrogens is 254 g/mol. The van der Waals surface area contributed by atoms with Crippen LogP contribution in [0.25, 0.3) is 0 Å². The lowest BCUT2D eigenvalue weighted by Crippen LogP contribution is -2.30. The van der Waals surface area contributed by atoms with E-state index in [1.807, 2.05) is 6.07 Å². The molecule has 1 aromatic carbocycles. The van der Waals surface area contributed by atoms with Crippen LogP contribution in [-0.4, -0.2) is 12.5 Å². The second-order valence-corrected chi connectivity index (χ2v) is 5.78. The molecule has 1 atom stereocenters. The molecule has 3 nitrogen and oxygen atoms in total. The molecule has 1 aromatic rings. The van der Waals surface area contributed by atoms with Crippen molar-refractivity contribution in [2.24, 2.45) is 10.9 Å². The number of hydrogen-bond donors (Lipinski definition) is 2. The molecule has 1 heterocycles. The van der Waals surface area contributed by atoms with Gasteiger partial charge >= 0.3 is 0 Å². The molecule has 19 heavy (non-hydrogen) atoms. The standard InChI is InChI=1S/C15H23N3S/c1-3-5-8-12(4-2)11-16-15-17-13-9-6-7-10-14(13)19-18-15/h6-7,9-10,12H,3-5,8,11H2,1-2H3,(H2,16,17,18). The van der Waals surface area contributed by atoms with Gasteiger partial charge in [-0.3, -0.25) is 9.71 Å². The molecule has 0 spiro atoms. The van der Waals surface area contributed by atoms with Crippen LogP contribution < -0.4 is 10.0 Å². The minimum absolute atomic E-state index is 0.707. The van der Waals surface area contributed by atoms with E-state index in [0.29, 0.717) is 5.92 Å². The minimum atomic E-state index is 0.707. The summed E-state index contributed by atoms with van der Waals surface area (Å²) in [4.78, 5) is 5.90. The number of anilines is 1. The molecule has 0 saturated carbocycles. The summed E-state index contributed by atoms with van der Waals surface area (Å²) in [5, 5.41) is 3.35. The molecule has 1 aliphatic heterocycles. The molecule has 4 heteroatoms. The topological polar surface area (TPSA) is 36.4 Å². The van der Waals surface area contributed by atoms with Gasteiger partial charge in [0.25, 0.3) is 0 Å². The maximum absolute atomic E-state index is 4.68. The van der Waals surface area contributed by atoms with Gasteiger partial charge in [-0.25, -0.2) is 0 Å². The number of aliphatic imine (C=N–C) groups is 1. The van der Waals surface area contributed by atoms with Crippen molar-refractivity contribution in [1.82, 2.24) is 4.72 Å². The van der Waals surface area contributed by atoms with Crippen LogP contribution in [0.15, 0.2) is 34.2 Å². The molecule has 0 aliphatic carbocycles. The number of fused-ring (bicyclic) bond motifs is 1. The lowest BCUT2D eigenvalue weighted by Gasteiger charge is -2.21. The highest BCUT2D eigenvalue weighted by molar-refractivity contribution is 7.98. The van der Waals surface area contributed by atoms with Crippen molar-refractivity contribution in [3.05, 3.63) is 24.3 Å². The molecule has 0 bridgehead atoms. The molecule has 1 aliphatic rings. The van der Waals surface area contributed by atoms with Crippen LogP contribution in [0, 0.1) is 5.92 Å². The summed E-state index contributed by atoms with van der Waals surface area (Å²) in [6.07, 6.45) is 5.07. The van der Waals surface area contributed by atoms with Crippen LogP contribution in [0.3, 0.4) is 0 Å². The van der Waals surface area contributed by atoms with E-state index < -0.39 is 0 Å². The third kappa shape index (κ3) is 4.16. The van der Waals surface area contributed by atoms with Crippen LogP contribution in [0.2, 0.25) is 0 Å². The summed E-state index contributed by atoms with van der Waals surface area (Å²) >= 11 is 1.63. The minimum Gasteiger partial charge on any atom is -0.325 e. The summed E-state index contributed by atoms with van der Waals surface area (Å²) in [5.41, 5.74) is 1.15. The van der Waals surface area contributed by atoms with Crippen molar-refractivity contribution in [1.29, 1.82) is 0 Å². The Morgan fingerprint density at radius 1 is 1.26 bits per heavy atom. The SMILES string of the molecule is CCCCC(CC)CN=C1NSc2ccccc2N1. The fourth-order valence-corrected chi connectivity index (χ4v) is 2.82. The van der Waals surface area contributed by atoms with Gasteiger partial charge < -0.3 is 5.32 Å². The number of nitrogens with one attached hydrogen (secondary N) is 2. The van der Waals surface area contributed by atoms with E-state index in [0.717, 1.165) is 18.2 Å². The normalized spacial score (nSPS) is 17.5. The van der Waals surface area contributed by atoms with Crippen LogP contribution >= 0.6 is 11.9 Å². The quantitative estimate of drug-likeness (QED) is 0.762. The lowest BCUT2D eigenvalue weighted by molar-refractivity contribution is 0.462. The maximum atomic E-state index is 4.68. The first-order valence-corrected chi connectivity index (χ1v) is 7.98. The highest BCUT2D eigenvalue weighted by atomic mass is 32.2. The third-order valence-corrected chi connectivity index (χ3v) is 4.32. The van der Waals surface area contributed by atoms with Crippen molar-refractivity contribution in [2.45, 2.75) is 44.4 Å². The molecule has 2 rings (SSSR count). The Balaban J connectivity index is 1.91. The van der Waals surface area contributed by atoms with E-state index in [-0.39, 0.29) is 0 Å². The summed E-state index contributed by atoms with van der Waals surface area (Å²) in [5.74, 6) is 1.59. The van der Waals surface area contributed by atoms with Crippen LogP contribution in [0.5, 0.6) is 0 Å². The third-order valence-electron chi connectivity index (χ3n) is 3.45. The van der Waals surface area contributed by atoms with Gasteiger partial charge in [0.1, 0.15) is 0 Å². The Kier molecular flexibility index (Phi) is 5.58. The fraction of sp³-hybridized carbons (Fsp3) is 0.533. The van der Waals surface area contributed by atoms with Gasteiger partial charge in [0, 0.05) is 6.54 Å². The number of para-hydroxylation sites is 1. The van der Waals surface area contributed by atoms with Crippen LogP contribution in [-0.2, 0) is 0 Å². The van der Waals surface area contributed by atoms with Crippen molar-refractivity contribution in [3.8, 4) is 0 Å². The largest absolute Gasteiger partial charge is 0.325 e.